The van der Waals surface area contributed by atoms with Gasteiger partial charge >= 0.3 is 0 Å². The predicted molar refractivity (Wildman–Crippen MR) is 106 cm³/mol. The highest BCUT2D eigenvalue weighted by molar-refractivity contribution is 5.32. The zero-order chi connectivity index (χ0) is 19.3. The molecule has 2 aromatic rings. The van der Waals surface area contributed by atoms with E-state index in [9.17, 15) is 5.11 Å². The van der Waals surface area contributed by atoms with Crippen molar-refractivity contribution in [3.8, 4) is 5.75 Å². The van der Waals surface area contributed by atoms with Crippen molar-refractivity contribution < 1.29 is 14.9 Å². The number of ether oxygens (including phenoxy) is 1. The van der Waals surface area contributed by atoms with Gasteiger partial charge in [-0.2, -0.15) is 0 Å². The first-order valence-electron chi connectivity index (χ1n) is 9.97. The average molecular weight is 384 g/mol. The zero-order valence-corrected chi connectivity index (χ0v) is 15.9. The lowest BCUT2D eigenvalue weighted by Gasteiger charge is -2.35. The van der Waals surface area contributed by atoms with Gasteiger partial charge in [-0.15, -0.1) is 0 Å². The minimum atomic E-state index is -0.355. The molecule has 1 aliphatic carbocycles. The highest BCUT2D eigenvalue weighted by Crippen LogP contribution is 2.38. The molecule has 2 aliphatic rings. The topological polar surface area (TPSA) is 90.7 Å². The first-order chi connectivity index (χ1) is 13.7. The van der Waals surface area contributed by atoms with E-state index in [0.29, 0.717) is 18.4 Å². The maximum absolute atomic E-state index is 10.6. The van der Waals surface area contributed by atoms with Gasteiger partial charge in [0, 0.05) is 32.0 Å². The van der Waals surface area contributed by atoms with Gasteiger partial charge in [-0.25, -0.2) is 4.98 Å². The number of aromatic nitrogens is 2. The number of hydrogen-bond donors (Lipinski definition) is 3. The third-order valence-corrected chi connectivity index (χ3v) is 5.80. The molecule has 0 bridgehead atoms. The van der Waals surface area contributed by atoms with E-state index < -0.39 is 0 Å². The lowest BCUT2D eigenvalue weighted by molar-refractivity contribution is 0.0735. The van der Waals surface area contributed by atoms with Crippen molar-refractivity contribution in [1.82, 2.24) is 14.9 Å². The summed E-state index contributed by atoms with van der Waals surface area (Å²) in [6, 6.07) is 8.11. The molecule has 0 unspecified atom stereocenters. The van der Waals surface area contributed by atoms with Crippen LogP contribution in [0.4, 0.5) is 5.82 Å². The normalized spacial score (nSPS) is 27.4. The van der Waals surface area contributed by atoms with E-state index in [0.717, 1.165) is 44.0 Å². The van der Waals surface area contributed by atoms with Crippen LogP contribution in [0, 0.1) is 11.8 Å². The number of aliphatic hydroxyl groups is 2. The Morgan fingerprint density at radius 2 is 1.89 bits per heavy atom. The minimum Gasteiger partial charge on any atom is -0.491 e. The quantitative estimate of drug-likeness (QED) is 0.667. The van der Waals surface area contributed by atoms with E-state index in [1.54, 1.807) is 18.6 Å². The Hall–Kier alpha value is -2.22. The van der Waals surface area contributed by atoms with Crippen LogP contribution in [0.2, 0.25) is 0 Å². The van der Waals surface area contributed by atoms with E-state index >= 15 is 0 Å². The average Bonchev–Trinajstić information content (AvgIpc) is 3.09. The van der Waals surface area contributed by atoms with Crippen molar-refractivity contribution >= 4 is 5.82 Å². The summed E-state index contributed by atoms with van der Waals surface area (Å²) >= 11 is 0. The largest absolute Gasteiger partial charge is 0.491 e. The second kappa shape index (κ2) is 8.86. The fourth-order valence-electron chi connectivity index (χ4n) is 4.49. The Kier molecular flexibility index (Phi) is 6.04. The van der Waals surface area contributed by atoms with E-state index in [1.165, 1.54) is 5.56 Å². The summed E-state index contributed by atoms with van der Waals surface area (Å²) in [5.41, 5.74) is 1.25. The molecule has 28 heavy (non-hydrogen) atoms. The maximum atomic E-state index is 10.6. The van der Waals surface area contributed by atoms with Gasteiger partial charge in [0.25, 0.3) is 0 Å². The van der Waals surface area contributed by atoms with Crippen molar-refractivity contribution in [1.29, 1.82) is 0 Å². The van der Waals surface area contributed by atoms with Crippen LogP contribution in [0.25, 0.3) is 0 Å². The predicted octanol–water partition coefficient (Wildman–Crippen LogP) is 1.53. The number of nitrogens with one attached hydrogen (secondary N) is 1. The number of fused-ring (bicyclic) bond motifs is 1. The third-order valence-electron chi connectivity index (χ3n) is 5.80. The molecule has 1 aromatic heterocycles. The number of benzene rings is 1. The van der Waals surface area contributed by atoms with Gasteiger partial charge < -0.3 is 20.3 Å². The van der Waals surface area contributed by atoms with Gasteiger partial charge in [0.1, 0.15) is 18.2 Å². The summed E-state index contributed by atoms with van der Waals surface area (Å²) < 4.78 is 5.42. The van der Waals surface area contributed by atoms with Crippen LogP contribution in [-0.2, 0) is 6.54 Å². The number of rotatable bonds is 7. The molecular weight excluding hydrogens is 356 g/mol. The summed E-state index contributed by atoms with van der Waals surface area (Å²) in [6.07, 6.45) is 6.44. The zero-order valence-electron chi connectivity index (χ0n) is 15.9. The van der Waals surface area contributed by atoms with E-state index in [-0.39, 0.29) is 18.8 Å². The van der Waals surface area contributed by atoms with Crippen LogP contribution in [-0.4, -0.2) is 63.5 Å². The lowest BCUT2D eigenvalue weighted by atomic mass is 9.77. The van der Waals surface area contributed by atoms with Crippen molar-refractivity contribution in [2.45, 2.75) is 31.5 Å². The van der Waals surface area contributed by atoms with Crippen molar-refractivity contribution in [2.24, 2.45) is 11.8 Å². The number of hydrogen-bond acceptors (Lipinski definition) is 7. The molecule has 1 saturated carbocycles. The standard InChI is InChI=1S/C21H28N4O3/c26-7-8-28-18-3-1-15(2-4-18)12-25-13-16-9-19(20(27)10-17(16)14-25)24-21-11-22-5-6-23-21/h1-6,11,16-17,19-20,26-27H,7-10,12-14H2,(H,23,24)/t16-,17+,19-,20-/m1/s1. The van der Waals surface area contributed by atoms with Gasteiger partial charge in [-0.3, -0.25) is 9.88 Å². The summed E-state index contributed by atoms with van der Waals surface area (Å²) in [7, 11) is 0. The minimum absolute atomic E-state index is 0.0247. The summed E-state index contributed by atoms with van der Waals surface area (Å²) in [5, 5.41) is 22.8. The molecule has 2 fully saturated rings. The molecule has 4 atom stereocenters. The Balaban J connectivity index is 1.32. The number of aliphatic hydroxyl groups excluding tert-OH is 2. The van der Waals surface area contributed by atoms with Crippen molar-refractivity contribution in [2.75, 3.05) is 31.6 Å². The Morgan fingerprint density at radius 1 is 1.11 bits per heavy atom. The van der Waals surface area contributed by atoms with Gasteiger partial charge in [0.05, 0.1) is 24.9 Å². The van der Waals surface area contributed by atoms with Crippen LogP contribution in [0.5, 0.6) is 5.75 Å². The van der Waals surface area contributed by atoms with Crippen LogP contribution >= 0.6 is 0 Å². The fraction of sp³-hybridized carbons (Fsp3) is 0.524. The summed E-state index contributed by atoms with van der Waals surface area (Å²) in [4.78, 5) is 10.8. The molecule has 0 radical (unpaired) electrons. The molecule has 150 valence electrons. The smallest absolute Gasteiger partial charge is 0.144 e. The second-order valence-electron chi connectivity index (χ2n) is 7.81. The Bertz CT molecular complexity index is 743. The molecule has 1 saturated heterocycles. The van der Waals surface area contributed by atoms with Crippen LogP contribution in [0.3, 0.4) is 0 Å². The molecule has 1 aliphatic heterocycles. The first-order valence-corrected chi connectivity index (χ1v) is 9.97. The number of anilines is 1. The first kappa shape index (κ1) is 19.1. The van der Waals surface area contributed by atoms with E-state index in [4.69, 9.17) is 9.84 Å². The molecule has 0 amide bonds. The third kappa shape index (κ3) is 4.60. The second-order valence-corrected chi connectivity index (χ2v) is 7.81. The van der Waals surface area contributed by atoms with Gasteiger partial charge in [0.15, 0.2) is 0 Å². The van der Waals surface area contributed by atoms with E-state index in [1.807, 2.05) is 12.1 Å². The van der Waals surface area contributed by atoms with Crippen molar-refractivity contribution in [3.63, 3.8) is 0 Å². The molecule has 0 spiro atoms. The van der Waals surface area contributed by atoms with E-state index in [2.05, 4.69) is 32.3 Å². The summed E-state index contributed by atoms with van der Waals surface area (Å²) in [5.74, 6) is 2.64. The lowest BCUT2D eigenvalue weighted by Crippen LogP contribution is -2.43. The number of nitrogens with zero attached hydrogens (tertiary/aromatic N) is 3. The number of likely N-dealkylation sites (tertiary alicyclic amines) is 1. The Morgan fingerprint density at radius 3 is 2.61 bits per heavy atom. The van der Waals surface area contributed by atoms with Crippen molar-refractivity contribution in [3.05, 3.63) is 48.4 Å². The summed E-state index contributed by atoms with van der Waals surface area (Å²) in [6.45, 7) is 3.34. The molecule has 1 aromatic carbocycles. The van der Waals surface area contributed by atoms with Gasteiger partial charge in [0.2, 0.25) is 0 Å². The van der Waals surface area contributed by atoms with Crippen LogP contribution < -0.4 is 10.1 Å². The van der Waals surface area contributed by atoms with Crippen LogP contribution in [0.15, 0.2) is 42.9 Å². The Labute approximate surface area is 165 Å². The SMILES string of the molecule is OCCOc1ccc(CN2C[C@H]3C[C@@H](Nc4cnccn4)[C@H](O)C[C@H]3C2)cc1. The molecular formula is C21H28N4O3. The van der Waals surface area contributed by atoms with Gasteiger partial charge in [-0.1, -0.05) is 12.1 Å². The monoisotopic (exact) mass is 384 g/mol. The molecule has 3 N–H and O–H groups in total. The molecule has 7 nitrogen and oxygen atoms in total. The maximum Gasteiger partial charge on any atom is 0.144 e. The molecule has 2 heterocycles. The highest BCUT2D eigenvalue weighted by Gasteiger charge is 2.41. The molecule has 7 heteroatoms. The molecule has 4 rings (SSSR count). The highest BCUT2D eigenvalue weighted by atomic mass is 16.5. The van der Waals surface area contributed by atoms with Gasteiger partial charge in [-0.05, 0) is 42.4 Å². The van der Waals surface area contributed by atoms with Crippen LogP contribution in [0.1, 0.15) is 18.4 Å². The fourth-order valence-corrected chi connectivity index (χ4v) is 4.49.